The molecule has 0 radical (unpaired) electrons. The Morgan fingerprint density at radius 2 is 2.00 bits per heavy atom. The highest BCUT2D eigenvalue weighted by Crippen LogP contribution is 2.19. The number of benzene rings is 1. The first kappa shape index (κ1) is 16.1. The van der Waals surface area contributed by atoms with E-state index in [0.717, 1.165) is 9.32 Å². The monoisotopic (exact) mass is 377 g/mol. The Labute approximate surface area is 128 Å². The molecule has 0 aliphatic heterocycles. The van der Waals surface area contributed by atoms with E-state index in [-0.39, 0.29) is 6.04 Å². The Hall–Kier alpha value is -0.980. The number of hydrogen-bond donors (Lipinski definition) is 1. The number of ether oxygens (including phenoxy) is 2. The van der Waals surface area contributed by atoms with E-state index < -0.39 is 11.7 Å². The molecule has 0 saturated heterocycles. The minimum absolute atomic E-state index is 0.120. The molecular formula is C14H20INO3. The van der Waals surface area contributed by atoms with Crippen LogP contribution in [0.25, 0.3) is 0 Å². The summed E-state index contributed by atoms with van der Waals surface area (Å²) in [4.78, 5) is 11.6. The highest BCUT2D eigenvalue weighted by Gasteiger charge is 2.17. The van der Waals surface area contributed by atoms with Gasteiger partial charge in [-0.05, 0) is 62.4 Å². The van der Waals surface area contributed by atoms with Gasteiger partial charge in [0.2, 0.25) is 0 Å². The van der Waals surface area contributed by atoms with Crippen molar-refractivity contribution in [2.24, 2.45) is 0 Å². The van der Waals surface area contributed by atoms with Crippen LogP contribution < -0.4 is 10.1 Å². The fourth-order valence-corrected chi connectivity index (χ4v) is 1.87. The molecule has 106 valence electrons. The van der Waals surface area contributed by atoms with Crippen LogP contribution in [0, 0.1) is 3.57 Å². The summed E-state index contributed by atoms with van der Waals surface area (Å²) < 4.78 is 11.9. The molecule has 19 heavy (non-hydrogen) atoms. The van der Waals surface area contributed by atoms with E-state index in [4.69, 9.17) is 9.47 Å². The molecule has 1 rings (SSSR count). The molecule has 1 aromatic carbocycles. The molecule has 1 amide bonds. The molecule has 4 nitrogen and oxygen atoms in total. The van der Waals surface area contributed by atoms with Crippen molar-refractivity contribution in [1.82, 2.24) is 5.32 Å². The number of carbonyl (C=O) groups excluding carboxylic acids is 1. The molecule has 1 aromatic rings. The maximum absolute atomic E-state index is 11.6. The molecule has 0 aliphatic rings. The zero-order valence-corrected chi connectivity index (χ0v) is 13.9. The number of rotatable bonds is 4. The van der Waals surface area contributed by atoms with E-state index in [1.54, 1.807) is 0 Å². The largest absolute Gasteiger partial charge is 0.490 e. The van der Waals surface area contributed by atoms with Crippen molar-refractivity contribution in [3.63, 3.8) is 0 Å². The van der Waals surface area contributed by atoms with Crippen LogP contribution in [-0.2, 0) is 4.74 Å². The van der Waals surface area contributed by atoms with Crippen LogP contribution in [0.5, 0.6) is 5.75 Å². The maximum atomic E-state index is 11.6. The van der Waals surface area contributed by atoms with Crippen LogP contribution in [0.2, 0.25) is 0 Å². The Morgan fingerprint density at radius 3 is 2.58 bits per heavy atom. The van der Waals surface area contributed by atoms with Crippen LogP contribution in [0.3, 0.4) is 0 Å². The van der Waals surface area contributed by atoms with Gasteiger partial charge in [-0.15, -0.1) is 0 Å². The average Bonchev–Trinajstić information content (AvgIpc) is 2.25. The first-order valence-electron chi connectivity index (χ1n) is 6.15. The van der Waals surface area contributed by atoms with Gasteiger partial charge in [-0.3, -0.25) is 0 Å². The van der Waals surface area contributed by atoms with Crippen LogP contribution in [0.4, 0.5) is 4.79 Å². The Bertz CT molecular complexity index is 429. The van der Waals surface area contributed by atoms with E-state index in [2.05, 4.69) is 27.9 Å². The third-order valence-corrected chi connectivity index (χ3v) is 2.98. The molecule has 0 fully saturated rings. The first-order valence-corrected chi connectivity index (χ1v) is 7.22. The third-order valence-electron chi connectivity index (χ3n) is 2.09. The van der Waals surface area contributed by atoms with Gasteiger partial charge in [0.15, 0.2) is 0 Å². The lowest BCUT2D eigenvalue weighted by Gasteiger charge is -2.22. The van der Waals surface area contributed by atoms with E-state index in [1.807, 2.05) is 52.0 Å². The molecule has 0 aromatic heterocycles. The van der Waals surface area contributed by atoms with Crippen LogP contribution in [-0.4, -0.2) is 24.3 Å². The summed E-state index contributed by atoms with van der Waals surface area (Å²) in [7, 11) is 0. The van der Waals surface area contributed by atoms with Crippen molar-refractivity contribution in [1.29, 1.82) is 0 Å². The fourth-order valence-electron chi connectivity index (χ4n) is 1.33. The second-order valence-corrected chi connectivity index (χ2v) is 6.45. The van der Waals surface area contributed by atoms with E-state index in [1.165, 1.54) is 0 Å². The van der Waals surface area contributed by atoms with Crippen molar-refractivity contribution >= 4 is 28.7 Å². The highest BCUT2D eigenvalue weighted by molar-refractivity contribution is 14.1. The average molecular weight is 377 g/mol. The van der Waals surface area contributed by atoms with Gasteiger partial charge in [0.25, 0.3) is 0 Å². The van der Waals surface area contributed by atoms with E-state index >= 15 is 0 Å². The molecule has 0 bridgehead atoms. The van der Waals surface area contributed by atoms with E-state index in [0.29, 0.717) is 6.61 Å². The summed E-state index contributed by atoms with van der Waals surface area (Å²) in [5, 5.41) is 2.74. The Balaban J connectivity index is 2.38. The van der Waals surface area contributed by atoms with Crippen LogP contribution >= 0.6 is 22.6 Å². The number of nitrogens with one attached hydrogen (secondary N) is 1. The molecule has 0 aliphatic carbocycles. The molecule has 0 saturated carbocycles. The summed E-state index contributed by atoms with van der Waals surface area (Å²) >= 11 is 2.21. The SMILES string of the molecule is C[C@@H](COc1ccccc1I)NC(=O)OC(C)(C)C. The number of hydrogen-bond acceptors (Lipinski definition) is 3. The van der Waals surface area contributed by atoms with Crippen molar-refractivity contribution < 1.29 is 14.3 Å². The number of halogens is 1. The smallest absolute Gasteiger partial charge is 0.407 e. The molecule has 1 atom stereocenters. The van der Waals surface area contributed by atoms with Crippen molar-refractivity contribution in [3.05, 3.63) is 27.8 Å². The maximum Gasteiger partial charge on any atom is 0.407 e. The standard InChI is InChI=1S/C14H20INO3/c1-10(16-13(17)19-14(2,3)4)9-18-12-8-6-5-7-11(12)15/h5-8,10H,9H2,1-4H3,(H,16,17)/t10-/m0/s1. The number of para-hydroxylation sites is 1. The lowest BCUT2D eigenvalue weighted by molar-refractivity contribution is 0.0494. The number of alkyl carbamates (subject to hydrolysis) is 1. The van der Waals surface area contributed by atoms with Gasteiger partial charge < -0.3 is 14.8 Å². The summed E-state index contributed by atoms with van der Waals surface area (Å²) in [6.45, 7) is 7.78. The first-order chi connectivity index (χ1) is 8.78. The highest BCUT2D eigenvalue weighted by atomic mass is 127. The van der Waals surface area contributed by atoms with Gasteiger partial charge >= 0.3 is 6.09 Å². The van der Waals surface area contributed by atoms with Crippen molar-refractivity contribution in [3.8, 4) is 5.75 Å². The van der Waals surface area contributed by atoms with Crippen LogP contribution in [0.1, 0.15) is 27.7 Å². The van der Waals surface area contributed by atoms with Gasteiger partial charge in [0.1, 0.15) is 18.0 Å². The summed E-state index contributed by atoms with van der Waals surface area (Å²) in [5.74, 6) is 0.820. The third kappa shape index (κ3) is 6.66. The zero-order valence-electron chi connectivity index (χ0n) is 11.7. The molecule has 1 N–H and O–H groups in total. The molecule has 5 heteroatoms. The zero-order chi connectivity index (χ0) is 14.5. The summed E-state index contributed by atoms with van der Waals surface area (Å²) in [5.41, 5.74) is -0.487. The van der Waals surface area contributed by atoms with Gasteiger partial charge in [-0.2, -0.15) is 0 Å². The molecule has 0 unspecified atom stereocenters. The van der Waals surface area contributed by atoms with Gasteiger partial charge in [-0.1, -0.05) is 12.1 Å². The quantitative estimate of drug-likeness (QED) is 0.816. The normalized spacial score (nSPS) is 12.7. The van der Waals surface area contributed by atoms with Crippen molar-refractivity contribution in [2.75, 3.05) is 6.61 Å². The van der Waals surface area contributed by atoms with E-state index in [9.17, 15) is 4.79 Å². The van der Waals surface area contributed by atoms with Gasteiger partial charge in [-0.25, -0.2) is 4.79 Å². The molecular weight excluding hydrogens is 357 g/mol. The minimum atomic E-state index is -0.487. The lowest BCUT2D eigenvalue weighted by atomic mass is 10.2. The van der Waals surface area contributed by atoms with Gasteiger partial charge in [0.05, 0.1) is 9.61 Å². The van der Waals surface area contributed by atoms with Gasteiger partial charge in [0, 0.05) is 0 Å². The Morgan fingerprint density at radius 1 is 1.37 bits per heavy atom. The summed E-state index contributed by atoms with van der Waals surface area (Å²) in [6.07, 6.45) is -0.425. The fraction of sp³-hybridized carbons (Fsp3) is 0.500. The second kappa shape index (κ2) is 6.98. The lowest BCUT2D eigenvalue weighted by Crippen LogP contribution is -2.40. The minimum Gasteiger partial charge on any atom is -0.490 e. The predicted molar refractivity (Wildman–Crippen MR) is 83.5 cm³/mol. The number of amides is 1. The second-order valence-electron chi connectivity index (χ2n) is 5.29. The van der Waals surface area contributed by atoms with Crippen LogP contribution in [0.15, 0.2) is 24.3 Å². The molecule has 0 heterocycles. The van der Waals surface area contributed by atoms with Crippen molar-refractivity contribution in [2.45, 2.75) is 39.3 Å². The topological polar surface area (TPSA) is 47.6 Å². The summed E-state index contributed by atoms with van der Waals surface area (Å²) in [6, 6.07) is 7.63. The molecule has 0 spiro atoms. The number of carbonyl (C=O) groups is 1. The Kier molecular flexibility index (Phi) is 5.90. The predicted octanol–water partition coefficient (Wildman–Crippen LogP) is 3.58.